The third-order valence-electron chi connectivity index (χ3n) is 3.59. The van der Waals surface area contributed by atoms with Crippen molar-refractivity contribution in [2.24, 2.45) is 5.92 Å². The maximum absolute atomic E-state index is 11.5. The monoisotopic (exact) mass is 288 g/mol. The van der Waals surface area contributed by atoms with E-state index in [1.54, 1.807) is 11.3 Å². The summed E-state index contributed by atoms with van der Waals surface area (Å²) < 4.78 is 0. The first-order valence-electron chi connectivity index (χ1n) is 6.95. The zero-order chi connectivity index (χ0) is 14.5. The Morgan fingerprint density at radius 2 is 1.85 bits per heavy atom. The number of aryl methyl sites for hydroxylation is 2. The van der Waals surface area contributed by atoms with Gasteiger partial charge in [0, 0.05) is 9.75 Å². The minimum atomic E-state index is -0.709. The van der Waals surface area contributed by atoms with Crippen LogP contribution in [-0.2, 0) is 24.1 Å². The Balaban J connectivity index is 2.11. The number of carbonyl (C=O) groups is 1. The smallest absolute Gasteiger partial charge is 0.307 e. The van der Waals surface area contributed by atoms with Crippen LogP contribution in [0.2, 0.25) is 0 Å². The number of thiophene rings is 1. The zero-order valence-corrected chi connectivity index (χ0v) is 12.7. The molecule has 1 N–H and O–H groups in total. The molecule has 2 aromatic rings. The van der Waals surface area contributed by atoms with E-state index in [2.05, 4.69) is 19.1 Å². The van der Waals surface area contributed by atoms with Gasteiger partial charge in [-0.05, 0) is 49.4 Å². The lowest BCUT2D eigenvalue weighted by Gasteiger charge is -2.13. The Labute approximate surface area is 124 Å². The molecule has 2 rings (SSSR count). The van der Waals surface area contributed by atoms with Crippen molar-refractivity contribution in [1.29, 1.82) is 0 Å². The van der Waals surface area contributed by atoms with Gasteiger partial charge in [0.2, 0.25) is 0 Å². The van der Waals surface area contributed by atoms with Gasteiger partial charge in [-0.1, -0.05) is 31.2 Å². The van der Waals surface area contributed by atoms with Gasteiger partial charge in [-0.25, -0.2) is 0 Å². The number of hydrogen-bond acceptors (Lipinski definition) is 2. The predicted octanol–water partition coefficient (Wildman–Crippen LogP) is 4.10. The molecule has 1 aromatic heterocycles. The van der Waals surface area contributed by atoms with Crippen LogP contribution >= 0.6 is 11.3 Å². The maximum Gasteiger partial charge on any atom is 0.307 e. The van der Waals surface area contributed by atoms with Crippen LogP contribution in [0, 0.1) is 12.8 Å². The van der Waals surface area contributed by atoms with Gasteiger partial charge in [-0.15, -0.1) is 11.3 Å². The quantitative estimate of drug-likeness (QED) is 0.868. The molecule has 0 spiro atoms. The van der Waals surface area contributed by atoms with Crippen molar-refractivity contribution in [2.75, 3.05) is 0 Å². The van der Waals surface area contributed by atoms with Gasteiger partial charge in [0.1, 0.15) is 0 Å². The van der Waals surface area contributed by atoms with Gasteiger partial charge in [-0.3, -0.25) is 4.79 Å². The van der Waals surface area contributed by atoms with Gasteiger partial charge in [-0.2, -0.15) is 0 Å². The first-order chi connectivity index (χ1) is 9.60. The summed E-state index contributed by atoms with van der Waals surface area (Å²) in [5.74, 6) is -1.06. The van der Waals surface area contributed by atoms with Crippen LogP contribution in [0.15, 0.2) is 36.4 Å². The molecule has 0 aliphatic heterocycles. The Morgan fingerprint density at radius 1 is 1.15 bits per heavy atom. The molecule has 1 atom stereocenters. The highest BCUT2D eigenvalue weighted by Gasteiger charge is 2.20. The van der Waals surface area contributed by atoms with E-state index in [4.69, 9.17) is 0 Å². The van der Waals surface area contributed by atoms with E-state index in [0.717, 1.165) is 12.0 Å². The molecule has 0 fully saturated rings. The number of benzene rings is 1. The summed E-state index contributed by atoms with van der Waals surface area (Å²) in [6, 6.07) is 12.2. The van der Waals surface area contributed by atoms with Crippen LogP contribution < -0.4 is 0 Å². The van der Waals surface area contributed by atoms with Crippen molar-refractivity contribution in [2.45, 2.75) is 33.1 Å². The molecule has 0 amide bonds. The molecule has 0 bridgehead atoms. The van der Waals surface area contributed by atoms with E-state index in [1.807, 2.05) is 31.2 Å². The Bertz CT molecular complexity index is 586. The summed E-state index contributed by atoms with van der Waals surface area (Å²) >= 11 is 1.73. The van der Waals surface area contributed by atoms with Crippen LogP contribution in [-0.4, -0.2) is 11.1 Å². The maximum atomic E-state index is 11.5. The summed E-state index contributed by atoms with van der Waals surface area (Å²) in [5.41, 5.74) is 2.30. The minimum absolute atomic E-state index is 0.348. The lowest BCUT2D eigenvalue weighted by atomic mass is 9.93. The second kappa shape index (κ2) is 6.71. The molecule has 1 unspecified atom stereocenters. The number of rotatable bonds is 6. The van der Waals surface area contributed by atoms with Crippen molar-refractivity contribution in [3.8, 4) is 0 Å². The molecule has 0 saturated heterocycles. The SMILES string of the molecule is CCc1ccc(CC(Cc2ccccc2C)C(=O)O)s1. The molecule has 0 radical (unpaired) electrons. The lowest BCUT2D eigenvalue weighted by molar-refractivity contribution is -0.141. The van der Waals surface area contributed by atoms with Crippen molar-refractivity contribution >= 4 is 17.3 Å². The van der Waals surface area contributed by atoms with E-state index in [9.17, 15) is 9.90 Å². The molecule has 1 aromatic carbocycles. The first kappa shape index (κ1) is 14.8. The van der Waals surface area contributed by atoms with E-state index in [-0.39, 0.29) is 5.92 Å². The number of hydrogen-bond donors (Lipinski definition) is 1. The molecule has 0 aliphatic rings. The van der Waals surface area contributed by atoms with Gasteiger partial charge in [0.15, 0.2) is 0 Å². The fraction of sp³-hybridized carbons (Fsp3) is 0.353. The summed E-state index contributed by atoms with van der Waals surface area (Å²) in [6.45, 7) is 4.16. The summed E-state index contributed by atoms with van der Waals surface area (Å²) in [7, 11) is 0. The Kier molecular flexibility index (Phi) is 4.96. The number of aliphatic carboxylic acids is 1. The van der Waals surface area contributed by atoms with Crippen LogP contribution in [0.5, 0.6) is 0 Å². The fourth-order valence-electron chi connectivity index (χ4n) is 2.32. The lowest BCUT2D eigenvalue weighted by Crippen LogP contribution is -2.19. The molecule has 3 heteroatoms. The van der Waals surface area contributed by atoms with E-state index >= 15 is 0 Å². The van der Waals surface area contributed by atoms with Crippen molar-refractivity contribution in [3.05, 3.63) is 57.3 Å². The topological polar surface area (TPSA) is 37.3 Å². The molecule has 1 heterocycles. The van der Waals surface area contributed by atoms with Crippen molar-refractivity contribution in [1.82, 2.24) is 0 Å². The van der Waals surface area contributed by atoms with E-state index < -0.39 is 5.97 Å². The van der Waals surface area contributed by atoms with Crippen LogP contribution in [0.3, 0.4) is 0 Å². The van der Waals surface area contributed by atoms with Gasteiger partial charge >= 0.3 is 5.97 Å². The van der Waals surface area contributed by atoms with E-state index in [0.29, 0.717) is 12.8 Å². The predicted molar refractivity (Wildman–Crippen MR) is 83.4 cm³/mol. The Morgan fingerprint density at radius 3 is 2.45 bits per heavy atom. The van der Waals surface area contributed by atoms with Gasteiger partial charge in [0.25, 0.3) is 0 Å². The average Bonchev–Trinajstić information content (AvgIpc) is 2.88. The highest BCUT2D eigenvalue weighted by atomic mass is 32.1. The van der Waals surface area contributed by atoms with E-state index in [1.165, 1.54) is 15.3 Å². The second-order valence-electron chi connectivity index (χ2n) is 5.09. The van der Waals surface area contributed by atoms with Crippen molar-refractivity contribution < 1.29 is 9.90 Å². The number of carboxylic acid groups (broad SMARTS) is 1. The molecular formula is C17H20O2S. The van der Waals surface area contributed by atoms with Crippen LogP contribution in [0.1, 0.15) is 27.8 Å². The van der Waals surface area contributed by atoms with Gasteiger partial charge in [0.05, 0.1) is 5.92 Å². The second-order valence-corrected chi connectivity index (χ2v) is 6.34. The minimum Gasteiger partial charge on any atom is -0.481 e. The summed E-state index contributed by atoms with van der Waals surface area (Å²) in [5, 5.41) is 9.46. The largest absolute Gasteiger partial charge is 0.481 e. The summed E-state index contributed by atoms with van der Waals surface area (Å²) in [6.07, 6.45) is 2.23. The summed E-state index contributed by atoms with van der Waals surface area (Å²) in [4.78, 5) is 14.0. The van der Waals surface area contributed by atoms with Gasteiger partial charge < -0.3 is 5.11 Å². The molecule has 106 valence electrons. The first-order valence-corrected chi connectivity index (χ1v) is 7.76. The van der Waals surface area contributed by atoms with Crippen molar-refractivity contribution in [3.63, 3.8) is 0 Å². The normalized spacial score (nSPS) is 12.3. The fourth-order valence-corrected chi connectivity index (χ4v) is 3.35. The molecule has 20 heavy (non-hydrogen) atoms. The zero-order valence-electron chi connectivity index (χ0n) is 11.9. The Hall–Kier alpha value is -1.61. The standard InChI is InChI=1S/C17H20O2S/c1-3-15-8-9-16(20-15)11-14(17(18)19)10-13-7-5-4-6-12(13)2/h4-9,14H,3,10-11H2,1-2H3,(H,18,19). The molecule has 0 saturated carbocycles. The third kappa shape index (κ3) is 3.70. The molecular weight excluding hydrogens is 268 g/mol. The molecule has 0 aliphatic carbocycles. The third-order valence-corrected chi connectivity index (χ3v) is 4.84. The molecule has 2 nitrogen and oxygen atoms in total. The highest BCUT2D eigenvalue weighted by molar-refractivity contribution is 7.12. The average molecular weight is 288 g/mol. The number of carboxylic acids is 1. The van der Waals surface area contributed by atoms with Crippen LogP contribution in [0.4, 0.5) is 0 Å². The highest BCUT2D eigenvalue weighted by Crippen LogP contribution is 2.23. The van der Waals surface area contributed by atoms with Crippen LogP contribution in [0.25, 0.3) is 0 Å².